The van der Waals surface area contributed by atoms with Crippen molar-refractivity contribution in [3.63, 3.8) is 0 Å². The minimum Gasteiger partial charge on any atom is -0.507 e. The van der Waals surface area contributed by atoms with Crippen LogP contribution in [0.4, 0.5) is 0 Å². The van der Waals surface area contributed by atoms with E-state index in [4.69, 9.17) is 9.47 Å². The highest BCUT2D eigenvalue weighted by atomic mass is 16.5. The third-order valence-electron chi connectivity index (χ3n) is 7.85. The van der Waals surface area contributed by atoms with E-state index in [1.54, 1.807) is 25.3 Å². The predicted molar refractivity (Wildman–Crippen MR) is 168 cm³/mol. The van der Waals surface area contributed by atoms with Crippen LogP contribution in [0.3, 0.4) is 0 Å². The number of hydrogen-bond donors (Lipinski definition) is 1. The number of ketones is 1. The molecule has 0 aromatic heterocycles. The van der Waals surface area contributed by atoms with Crippen LogP contribution in [0.2, 0.25) is 0 Å². The van der Waals surface area contributed by atoms with E-state index in [0.29, 0.717) is 23.7 Å². The zero-order chi connectivity index (χ0) is 30.7. The van der Waals surface area contributed by atoms with Crippen molar-refractivity contribution in [1.29, 1.82) is 0 Å². The Hall–Kier alpha value is -4.84. The van der Waals surface area contributed by atoms with Gasteiger partial charge in [0, 0.05) is 11.1 Å². The first-order valence-corrected chi connectivity index (χ1v) is 14.4. The number of para-hydroxylation sites is 1. The van der Waals surface area contributed by atoms with Gasteiger partial charge in [-0.2, -0.15) is 0 Å². The molecule has 0 aliphatic carbocycles. The molecule has 1 N–H and O–H groups in total. The van der Waals surface area contributed by atoms with Gasteiger partial charge < -0.3 is 19.5 Å². The summed E-state index contributed by atoms with van der Waals surface area (Å²) < 4.78 is 11.5. The maximum atomic E-state index is 13.6. The SMILES string of the molecule is COc1ccccc1CN1C(=O)C(=O)/C(=C(\O)c2ccc(OCc3ccccc3)c(C)c2)C1c1ccc(C(C)(C)C)cc1. The van der Waals surface area contributed by atoms with E-state index in [-0.39, 0.29) is 23.3 Å². The Bertz CT molecular complexity index is 1670. The van der Waals surface area contributed by atoms with E-state index in [1.807, 2.05) is 85.8 Å². The molecule has 0 spiro atoms. The van der Waals surface area contributed by atoms with E-state index in [9.17, 15) is 14.7 Å². The second kappa shape index (κ2) is 12.2. The predicted octanol–water partition coefficient (Wildman–Crippen LogP) is 7.50. The molecule has 1 amide bonds. The zero-order valence-corrected chi connectivity index (χ0v) is 25.3. The number of rotatable bonds is 8. The van der Waals surface area contributed by atoms with Crippen molar-refractivity contribution in [2.75, 3.05) is 7.11 Å². The average Bonchev–Trinajstić information content (AvgIpc) is 3.25. The van der Waals surface area contributed by atoms with Crippen LogP contribution in [0.1, 0.15) is 60.2 Å². The van der Waals surface area contributed by atoms with Crippen LogP contribution < -0.4 is 9.47 Å². The number of carbonyl (C=O) groups is 2. The number of aliphatic hydroxyl groups excluding tert-OH is 1. The molecule has 0 bridgehead atoms. The number of ether oxygens (including phenoxy) is 2. The molecule has 1 heterocycles. The standard InChI is InChI=1S/C37H37NO5/c1-24-21-27(17-20-30(24)43-23-25-11-7-6-8-12-25)34(39)32-33(26-15-18-29(19-16-26)37(2,3)4)38(36(41)35(32)40)22-28-13-9-10-14-31(28)42-5/h6-21,33,39H,22-23H2,1-5H3/b34-32-. The van der Waals surface area contributed by atoms with Gasteiger partial charge in [0.2, 0.25) is 0 Å². The number of benzene rings is 4. The van der Waals surface area contributed by atoms with Crippen LogP contribution >= 0.6 is 0 Å². The highest BCUT2D eigenvalue weighted by Crippen LogP contribution is 2.42. The maximum absolute atomic E-state index is 13.6. The number of hydrogen-bond acceptors (Lipinski definition) is 5. The average molecular weight is 576 g/mol. The third-order valence-corrected chi connectivity index (χ3v) is 7.85. The second-order valence-electron chi connectivity index (χ2n) is 11.9. The summed E-state index contributed by atoms with van der Waals surface area (Å²) in [4.78, 5) is 28.7. The van der Waals surface area contributed by atoms with Gasteiger partial charge in [0.15, 0.2) is 0 Å². The number of likely N-dealkylation sites (tertiary alicyclic amines) is 1. The third kappa shape index (κ3) is 6.19. The molecule has 1 fully saturated rings. The highest BCUT2D eigenvalue weighted by Gasteiger charge is 2.46. The van der Waals surface area contributed by atoms with Crippen LogP contribution in [0, 0.1) is 6.92 Å². The summed E-state index contributed by atoms with van der Waals surface area (Å²) in [7, 11) is 1.57. The molecule has 5 rings (SSSR count). The normalized spacial score (nSPS) is 16.4. The van der Waals surface area contributed by atoms with Gasteiger partial charge in [0.25, 0.3) is 11.7 Å². The van der Waals surface area contributed by atoms with Crippen molar-refractivity contribution < 1.29 is 24.2 Å². The Kier molecular flexibility index (Phi) is 8.40. The summed E-state index contributed by atoms with van der Waals surface area (Å²) in [6, 6.07) is 29.7. The molecule has 1 aliphatic heterocycles. The maximum Gasteiger partial charge on any atom is 0.295 e. The minimum atomic E-state index is -0.784. The molecule has 4 aromatic carbocycles. The Labute approximate surface area is 253 Å². The van der Waals surface area contributed by atoms with Gasteiger partial charge in [-0.1, -0.05) is 93.6 Å². The van der Waals surface area contributed by atoms with Crippen LogP contribution in [-0.2, 0) is 28.2 Å². The Morgan fingerprint density at radius 3 is 2.19 bits per heavy atom. The number of amides is 1. The summed E-state index contributed by atoms with van der Waals surface area (Å²) in [5.74, 6) is -0.320. The Morgan fingerprint density at radius 2 is 1.53 bits per heavy atom. The fourth-order valence-corrected chi connectivity index (χ4v) is 5.42. The molecular weight excluding hydrogens is 538 g/mol. The lowest BCUT2D eigenvalue weighted by atomic mass is 9.85. The largest absolute Gasteiger partial charge is 0.507 e. The van der Waals surface area contributed by atoms with Crippen molar-refractivity contribution in [1.82, 2.24) is 4.90 Å². The van der Waals surface area contributed by atoms with E-state index in [1.165, 1.54) is 4.90 Å². The molecule has 1 atom stereocenters. The summed E-state index contributed by atoms with van der Waals surface area (Å²) in [5, 5.41) is 11.6. The molecule has 0 radical (unpaired) electrons. The lowest BCUT2D eigenvalue weighted by Gasteiger charge is -2.27. The molecule has 6 nitrogen and oxygen atoms in total. The monoisotopic (exact) mass is 575 g/mol. The van der Waals surface area contributed by atoms with Gasteiger partial charge in [-0.3, -0.25) is 9.59 Å². The minimum absolute atomic E-state index is 0.0563. The molecule has 0 saturated carbocycles. The van der Waals surface area contributed by atoms with Crippen molar-refractivity contribution >= 4 is 17.4 Å². The summed E-state index contributed by atoms with van der Waals surface area (Å²) in [6.45, 7) is 8.83. The van der Waals surface area contributed by atoms with Crippen LogP contribution in [0.5, 0.6) is 11.5 Å². The van der Waals surface area contributed by atoms with Gasteiger partial charge >= 0.3 is 0 Å². The van der Waals surface area contributed by atoms with Crippen molar-refractivity contribution in [3.8, 4) is 11.5 Å². The lowest BCUT2D eigenvalue weighted by Crippen LogP contribution is -2.29. The first kappa shape index (κ1) is 29.6. The van der Waals surface area contributed by atoms with Gasteiger partial charge in [-0.05, 0) is 58.9 Å². The molecule has 4 aromatic rings. The second-order valence-corrected chi connectivity index (χ2v) is 11.9. The molecule has 1 saturated heterocycles. The lowest BCUT2D eigenvalue weighted by molar-refractivity contribution is -0.140. The smallest absolute Gasteiger partial charge is 0.295 e. The summed E-state index contributed by atoms with van der Waals surface area (Å²) in [5.41, 5.74) is 4.90. The quantitative estimate of drug-likeness (QED) is 0.134. The molecule has 1 unspecified atom stereocenters. The number of methoxy groups -OCH3 is 1. The van der Waals surface area contributed by atoms with Crippen LogP contribution in [0.25, 0.3) is 5.76 Å². The van der Waals surface area contributed by atoms with Crippen molar-refractivity contribution in [3.05, 3.63) is 136 Å². The molecule has 1 aliphatic rings. The van der Waals surface area contributed by atoms with Gasteiger partial charge in [0.1, 0.15) is 23.9 Å². The fraction of sp³-hybridized carbons (Fsp3) is 0.243. The molecular formula is C37H37NO5. The topological polar surface area (TPSA) is 76.1 Å². The van der Waals surface area contributed by atoms with Crippen molar-refractivity contribution in [2.45, 2.75) is 52.3 Å². The van der Waals surface area contributed by atoms with E-state index >= 15 is 0 Å². The summed E-state index contributed by atoms with van der Waals surface area (Å²) >= 11 is 0. The molecule has 220 valence electrons. The first-order valence-electron chi connectivity index (χ1n) is 14.4. The number of nitrogens with zero attached hydrogens (tertiary/aromatic N) is 1. The zero-order valence-electron chi connectivity index (χ0n) is 25.3. The number of aryl methyl sites for hydroxylation is 1. The fourth-order valence-electron chi connectivity index (χ4n) is 5.42. The number of aliphatic hydroxyl groups is 1. The van der Waals surface area contributed by atoms with E-state index in [0.717, 1.165) is 27.8 Å². The molecule has 43 heavy (non-hydrogen) atoms. The molecule has 6 heteroatoms. The van der Waals surface area contributed by atoms with Crippen LogP contribution in [-0.4, -0.2) is 28.8 Å². The first-order chi connectivity index (χ1) is 20.6. The van der Waals surface area contributed by atoms with Gasteiger partial charge in [-0.15, -0.1) is 0 Å². The van der Waals surface area contributed by atoms with Crippen LogP contribution in [0.15, 0.2) is 103 Å². The number of Topliss-reactive ketones (excluding diaryl/α,β-unsaturated/α-hetero) is 1. The Balaban J connectivity index is 1.55. The van der Waals surface area contributed by atoms with Gasteiger partial charge in [0.05, 0.1) is 25.3 Å². The highest BCUT2D eigenvalue weighted by molar-refractivity contribution is 6.46. The van der Waals surface area contributed by atoms with Gasteiger partial charge in [-0.25, -0.2) is 0 Å². The Morgan fingerprint density at radius 1 is 0.860 bits per heavy atom. The van der Waals surface area contributed by atoms with E-state index < -0.39 is 17.7 Å². The number of carbonyl (C=O) groups excluding carboxylic acids is 2. The van der Waals surface area contributed by atoms with Crippen molar-refractivity contribution in [2.24, 2.45) is 0 Å². The summed E-state index contributed by atoms with van der Waals surface area (Å²) in [6.07, 6.45) is 0. The van der Waals surface area contributed by atoms with E-state index in [2.05, 4.69) is 20.8 Å².